The number of nitrogens with one attached hydrogen (secondary N) is 1. The van der Waals surface area contributed by atoms with E-state index in [1.807, 2.05) is 6.92 Å². The Hall–Kier alpha value is -0.730. The van der Waals surface area contributed by atoms with Crippen molar-refractivity contribution in [1.82, 2.24) is 10.2 Å². The third kappa shape index (κ3) is 3.99. The van der Waals surface area contributed by atoms with Gasteiger partial charge in [-0.15, -0.1) is 16.1 Å². The summed E-state index contributed by atoms with van der Waals surface area (Å²) in [5, 5.41) is 12.2. The van der Waals surface area contributed by atoms with Gasteiger partial charge < -0.3 is 5.32 Å². The topological polar surface area (TPSA) is 37.8 Å². The molecule has 0 radical (unpaired) electrons. The molecule has 1 aromatic rings. The zero-order valence-corrected chi connectivity index (χ0v) is 10.1. The van der Waals surface area contributed by atoms with Crippen LogP contribution in [0, 0.1) is 11.8 Å². The Balaban J connectivity index is 2.45. The normalized spacial score (nSPS) is 9.71. The number of anilines is 1. The van der Waals surface area contributed by atoms with Crippen molar-refractivity contribution in [3.8, 4) is 11.8 Å². The Bertz CT molecular complexity index is 335. The largest absolute Gasteiger partial charge is 0.358 e. The Morgan fingerprint density at radius 2 is 2.29 bits per heavy atom. The van der Waals surface area contributed by atoms with E-state index in [9.17, 15) is 0 Å². The molecule has 0 saturated carbocycles. The summed E-state index contributed by atoms with van der Waals surface area (Å²) in [7, 11) is 0. The summed E-state index contributed by atoms with van der Waals surface area (Å²) in [6.45, 7) is 6.00. The van der Waals surface area contributed by atoms with Crippen molar-refractivity contribution in [2.24, 2.45) is 0 Å². The molecule has 0 unspecified atom stereocenters. The standard InChI is InChI=1S/C9H13N3S2/c1-4-5-6-13-9-12-11-8(14-9)10-7(2)3/h7H,6H2,1-3H3,(H,10,11). The van der Waals surface area contributed by atoms with Gasteiger partial charge in [0.25, 0.3) is 0 Å². The molecule has 5 heteroatoms. The summed E-state index contributed by atoms with van der Waals surface area (Å²) in [6, 6.07) is 0.399. The van der Waals surface area contributed by atoms with E-state index in [2.05, 4.69) is 41.2 Å². The Kier molecular flexibility index (Phi) is 4.77. The fourth-order valence-electron chi connectivity index (χ4n) is 0.743. The molecule has 0 amide bonds. The summed E-state index contributed by atoms with van der Waals surface area (Å²) in [6.07, 6.45) is 0. The van der Waals surface area contributed by atoms with Crippen LogP contribution >= 0.6 is 23.1 Å². The van der Waals surface area contributed by atoms with E-state index in [0.717, 1.165) is 15.2 Å². The summed E-state index contributed by atoms with van der Waals surface area (Å²) < 4.78 is 0.968. The maximum absolute atomic E-state index is 4.04. The van der Waals surface area contributed by atoms with Gasteiger partial charge in [0.15, 0.2) is 4.34 Å². The molecule has 3 nitrogen and oxygen atoms in total. The molecule has 1 rings (SSSR count). The number of aromatic nitrogens is 2. The van der Waals surface area contributed by atoms with Crippen molar-refractivity contribution in [2.75, 3.05) is 11.1 Å². The van der Waals surface area contributed by atoms with E-state index in [0.29, 0.717) is 6.04 Å². The van der Waals surface area contributed by atoms with Crippen LogP contribution in [0.1, 0.15) is 20.8 Å². The highest BCUT2D eigenvalue weighted by atomic mass is 32.2. The molecule has 0 aliphatic heterocycles. The van der Waals surface area contributed by atoms with E-state index in [1.165, 1.54) is 0 Å². The van der Waals surface area contributed by atoms with Crippen LogP contribution in [0.2, 0.25) is 0 Å². The molecule has 1 heterocycles. The number of rotatable bonds is 4. The average Bonchev–Trinajstić information content (AvgIpc) is 2.52. The van der Waals surface area contributed by atoms with E-state index in [-0.39, 0.29) is 0 Å². The van der Waals surface area contributed by atoms with E-state index >= 15 is 0 Å². The third-order valence-corrected chi connectivity index (χ3v) is 3.13. The molecule has 0 aromatic carbocycles. The molecule has 0 aliphatic carbocycles. The monoisotopic (exact) mass is 227 g/mol. The average molecular weight is 227 g/mol. The van der Waals surface area contributed by atoms with Crippen LogP contribution in [-0.4, -0.2) is 22.0 Å². The van der Waals surface area contributed by atoms with Crippen LogP contribution < -0.4 is 5.32 Å². The van der Waals surface area contributed by atoms with Crippen LogP contribution in [0.15, 0.2) is 4.34 Å². The molecule has 14 heavy (non-hydrogen) atoms. The zero-order valence-electron chi connectivity index (χ0n) is 8.50. The van der Waals surface area contributed by atoms with Crippen molar-refractivity contribution in [3.05, 3.63) is 0 Å². The van der Waals surface area contributed by atoms with Gasteiger partial charge >= 0.3 is 0 Å². The van der Waals surface area contributed by atoms with Gasteiger partial charge in [0, 0.05) is 6.04 Å². The molecule has 0 spiro atoms. The van der Waals surface area contributed by atoms with Crippen molar-refractivity contribution in [2.45, 2.75) is 31.2 Å². The summed E-state index contributed by atoms with van der Waals surface area (Å²) >= 11 is 3.20. The molecule has 1 aromatic heterocycles. The molecule has 76 valence electrons. The predicted molar refractivity (Wildman–Crippen MR) is 62.8 cm³/mol. The quantitative estimate of drug-likeness (QED) is 0.633. The van der Waals surface area contributed by atoms with Gasteiger partial charge in [-0.1, -0.05) is 29.0 Å². The van der Waals surface area contributed by atoms with Crippen molar-refractivity contribution in [1.29, 1.82) is 0 Å². The molecule has 0 atom stereocenters. The molecule has 1 N–H and O–H groups in total. The maximum atomic E-state index is 4.04. The highest BCUT2D eigenvalue weighted by Gasteiger charge is 2.04. The number of nitrogens with zero attached hydrogens (tertiary/aromatic N) is 2. The van der Waals surface area contributed by atoms with Crippen molar-refractivity contribution < 1.29 is 0 Å². The van der Waals surface area contributed by atoms with Crippen LogP contribution in [0.4, 0.5) is 5.13 Å². The van der Waals surface area contributed by atoms with E-state index in [1.54, 1.807) is 23.1 Å². The Labute approximate surface area is 92.7 Å². The molecule has 0 fully saturated rings. The molecule has 0 aliphatic rings. The van der Waals surface area contributed by atoms with Crippen LogP contribution in [0.5, 0.6) is 0 Å². The predicted octanol–water partition coefficient (Wildman–Crippen LogP) is 2.47. The maximum Gasteiger partial charge on any atom is 0.206 e. The third-order valence-electron chi connectivity index (χ3n) is 1.26. The second-order valence-corrected chi connectivity index (χ2v) is 5.09. The minimum atomic E-state index is 0.399. The molecular weight excluding hydrogens is 214 g/mol. The first-order chi connectivity index (χ1) is 6.72. The molecule has 0 saturated heterocycles. The van der Waals surface area contributed by atoms with Gasteiger partial charge in [-0.3, -0.25) is 0 Å². The van der Waals surface area contributed by atoms with Gasteiger partial charge in [0.05, 0.1) is 5.75 Å². The minimum absolute atomic E-state index is 0.399. The summed E-state index contributed by atoms with van der Waals surface area (Å²) in [4.78, 5) is 0. The zero-order chi connectivity index (χ0) is 10.4. The first-order valence-electron chi connectivity index (χ1n) is 4.35. The van der Waals surface area contributed by atoms with E-state index < -0.39 is 0 Å². The van der Waals surface area contributed by atoms with Gasteiger partial charge in [-0.25, -0.2) is 0 Å². The Morgan fingerprint density at radius 1 is 1.50 bits per heavy atom. The first kappa shape index (κ1) is 11.3. The lowest BCUT2D eigenvalue weighted by Crippen LogP contribution is -2.08. The second-order valence-electron chi connectivity index (χ2n) is 2.89. The lowest BCUT2D eigenvalue weighted by atomic mass is 10.4. The Morgan fingerprint density at radius 3 is 2.93 bits per heavy atom. The number of thioether (sulfide) groups is 1. The smallest absolute Gasteiger partial charge is 0.206 e. The van der Waals surface area contributed by atoms with Crippen molar-refractivity contribution in [3.63, 3.8) is 0 Å². The number of hydrogen-bond donors (Lipinski definition) is 1. The highest BCUT2D eigenvalue weighted by Crippen LogP contribution is 2.25. The van der Waals surface area contributed by atoms with Crippen molar-refractivity contribution >= 4 is 28.2 Å². The molecular formula is C9H13N3S2. The van der Waals surface area contributed by atoms with Crippen LogP contribution in [0.25, 0.3) is 0 Å². The molecule has 0 bridgehead atoms. The second kappa shape index (κ2) is 5.89. The number of hydrogen-bond acceptors (Lipinski definition) is 5. The van der Waals surface area contributed by atoms with Gasteiger partial charge in [0.2, 0.25) is 5.13 Å². The van der Waals surface area contributed by atoms with Crippen LogP contribution in [-0.2, 0) is 0 Å². The first-order valence-corrected chi connectivity index (χ1v) is 6.15. The minimum Gasteiger partial charge on any atom is -0.358 e. The lowest BCUT2D eigenvalue weighted by Gasteiger charge is -2.02. The van der Waals surface area contributed by atoms with Gasteiger partial charge in [0.1, 0.15) is 0 Å². The van der Waals surface area contributed by atoms with Gasteiger partial charge in [-0.05, 0) is 20.8 Å². The van der Waals surface area contributed by atoms with Gasteiger partial charge in [-0.2, -0.15) is 0 Å². The van der Waals surface area contributed by atoms with Crippen LogP contribution in [0.3, 0.4) is 0 Å². The summed E-state index contributed by atoms with van der Waals surface area (Å²) in [5.74, 6) is 6.61. The van der Waals surface area contributed by atoms with E-state index in [4.69, 9.17) is 0 Å². The SMILES string of the molecule is CC#CCSc1nnc(NC(C)C)s1. The highest BCUT2D eigenvalue weighted by molar-refractivity contribution is 8.01. The summed E-state index contributed by atoms with van der Waals surface area (Å²) in [5.41, 5.74) is 0. The lowest BCUT2D eigenvalue weighted by molar-refractivity contribution is 0.883. The fraction of sp³-hybridized carbons (Fsp3) is 0.556. The fourth-order valence-corrected chi connectivity index (χ4v) is 2.45.